The van der Waals surface area contributed by atoms with E-state index in [9.17, 15) is 0 Å². The molecule has 0 saturated carbocycles. The van der Waals surface area contributed by atoms with E-state index in [2.05, 4.69) is 18.3 Å². The van der Waals surface area contributed by atoms with Crippen LogP contribution in [0.4, 0.5) is 0 Å². The number of hydrogen-bond donors (Lipinski definition) is 1. The smallest absolute Gasteiger partial charge is 0.119 e. The van der Waals surface area contributed by atoms with Crippen molar-refractivity contribution in [2.75, 3.05) is 19.7 Å². The Bertz CT molecular complexity index is 313. The Balaban J connectivity index is 2.33. The molecule has 0 aliphatic rings. The van der Waals surface area contributed by atoms with Crippen LogP contribution in [0.5, 0.6) is 5.75 Å². The van der Waals surface area contributed by atoms with Crippen molar-refractivity contribution < 1.29 is 4.74 Å². The third kappa shape index (κ3) is 4.48. The average Bonchev–Trinajstić information content (AvgIpc) is 2.27. The van der Waals surface area contributed by atoms with E-state index in [1.54, 1.807) is 0 Å². The van der Waals surface area contributed by atoms with Crippen LogP contribution >= 0.6 is 0 Å². The van der Waals surface area contributed by atoms with Gasteiger partial charge in [-0.1, -0.05) is 19.1 Å². The molecule has 0 aliphatic carbocycles. The van der Waals surface area contributed by atoms with Crippen molar-refractivity contribution in [1.29, 1.82) is 5.26 Å². The lowest BCUT2D eigenvalue weighted by atomic mass is 10.2. The Morgan fingerprint density at radius 1 is 1.33 bits per heavy atom. The molecule has 1 aromatic carbocycles. The monoisotopic (exact) mass is 204 g/mol. The highest BCUT2D eigenvalue weighted by Crippen LogP contribution is 2.11. The van der Waals surface area contributed by atoms with Gasteiger partial charge in [0.05, 0.1) is 12.5 Å². The van der Waals surface area contributed by atoms with Crippen LogP contribution in [0.2, 0.25) is 0 Å². The second-order valence-electron chi connectivity index (χ2n) is 3.18. The second kappa shape index (κ2) is 6.86. The highest BCUT2D eigenvalue weighted by Gasteiger charge is 1.94. The molecular weight excluding hydrogens is 188 g/mol. The Kier molecular flexibility index (Phi) is 5.28. The molecule has 0 spiro atoms. The molecule has 0 bridgehead atoms. The van der Waals surface area contributed by atoms with Gasteiger partial charge in [-0.25, -0.2) is 0 Å². The highest BCUT2D eigenvalue weighted by atomic mass is 16.5. The molecule has 0 unspecified atom stereocenters. The summed E-state index contributed by atoms with van der Waals surface area (Å²) < 4.78 is 5.50. The predicted octanol–water partition coefficient (Wildman–Crippen LogP) is 1.74. The summed E-state index contributed by atoms with van der Waals surface area (Å²) in [5.41, 5.74) is 1.02. The SMILES string of the molecule is CCNCCOc1ccc(CC#N)cc1. The van der Waals surface area contributed by atoms with Crippen LogP contribution in [-0.2, 0) is 6.42 Å². The fraction of sp³-hybridized carbons (Fsp3) is 0.417. The van der Waals surface area contributed by atoms with Crippen LogP contribution in [0.3, 0.4) is 0 Å². The quantitative estimate of drug-likeness (QED) is 0.718. The summed E-state index contributed by atoms with van der Waals surface area (Å²) in [6, 6.07) is 9.76. The maximum Gasteiger partial charge on any atom is 0.119 e. The second-order valence-corrected chi connectivity index (χ2v) is 3.18. The zero-order valence-electron chi connectivity index (χ0n) is 8.99. The van der Waals surface area contributed by atoms with Gasteiger partial charge in [-0.3, -0.25) is 0 Å². The zero-order chi connectivity index (χ0) is 10.9. The summed E-state index contributed by atoms with van der Waals surface area (Å²) in [5.74, 6) is 0.856. The molecule has 0 heterocycles. The number of nitrogens with one attached hydrogen (secondary N) is 1. The van der Waals surface area contributed by atoms with E-state index >= 15 is 0 Å². The predicted molar refractivity (Wildman–Crippen MR) is 59.8 cm³/mol. The third-order valence-corrected chi connectivity index (χ3v) is 2.00. The van der Waals surface area contributed by atoms with Gasteiger partial charge in [0.25, 0.3) is 0 Å². The topological polar surface area (TPSA) is 45.0 Å². The van der Waals surface area contributed by atoms with E-state index in [4.69, 9.17) is 10.00 Å². The highest BCUT2D eigenvalue weighted by molar-refractivity contribution is 5.28. The summed E-state index contributed by atoms with van der Waals surface area (Å²) in [6.45, 7) is 4.56. The van der Waals surface area contributed by atoms with Crippen molar-refractivity contribution in [3.8, 4) is 11.8 Å². The summed E-state index contributed by atoms with van der Waals surface area (Å²) >= 11 is 0. The molecule has 0 atom stereocenters. The lowest BCUT2D eigenvalue weighted by Gasteiger charge is -2.06. The van der Waals surface area contributed by atoms with E-state index in [1.807, 2.05) is 24.3 Å². The van der Waals surface area contributed by atoms with Crippen molar-refractivity contribution in [2.45, 2.75) is 13.3 Å². The van der Waals surface area contributed by atoms with Crippen molar-refractivity contribution in [3.05, 3.63) is 29.8 Å². The van der Waals surface area contributed by atoms with Crippen molar-refractivity contribution in [2.24, 2.45) is 0 Å². The number of nitrogens with zero attached hydrogens (tertiary/aromatic N) is 1. The first kappa shape index (κ1) is 11.5. The van der Waals surface area contributed by atoms with E-state index in [0.29, 0.717) is 13.0 Å². The zero-order valence-corrected chi connectivity index (χ0v) is 8.99. The van der Waals surface area contributed by atoms with Gasteiger partial charge in [0.1, 0.15) is 12.4 Å². The van der Waals surface area contributed by atoms with Crippen LogP contribution in [0.1, 0.15) is 12.5 Å². The fourth-order valence-corrected chi connectivity index (χ4v) is 1.21. The Morgan fingerprint density at radius 3 is 2.67 bits per heavy atom. The minimum atomic E-state index is 0.456. The number of benzene rings is 1. The number of ether oxygens (including phenoxy) is 1. The van der Waals surface area contributed by atoms with Crippen LogP contribution in [0.15, 0.2) is 24.3 Å². The van der Waals surface area contributed by atoms with Crippen LogP contribution in [-0.4, -0.2) is 19.7 Å². The number of hydrogen-bond acceptors (Lipinski definition) is 3. The molecule has 0 radical (unpaired) electrons. The number of nitriles is 1. The Hall–Kier alpha value is -1.53. The van der Waals surface area contributed by atoms with Crippen LogP contribution < -0.4 is 10.1 Å². The minimum Gasteiger partial charge on any atom is -0.492 e. The first-order valence-corrected chi connectivity index (χ1v) is 5.16. The maximum absolute atomic E-state index is 8.50. The molecule has 1 aromatic rings. The Morgan fingerprint density at radius 2 is 2.07 bits per heavy atom. The normalized spacial score (nSPS) is 9.60. The van der Waals surface area contributed by atoms with Gasteiger partial charge < -0.3 is 10.1 Å². The third-order valence-electron chi connectivity index (χ3n) is 2.00. The number of likely N-dealkylation sites (N-methyl/N-ethyl adjacent to an activating group) is 1. The molecule has 3 heteroatoms. The first-order chi connectivity index (χ1) is 7.36. The fourth-order valence-electron chi connectivity index (χ4n) is 1.21. The van der Waals surface area contributed by atoms with Crippen LogP contribution in [0.25, 0.3) is 0 Å². The standard InChI is InChI=1S/C12H16N2O/c1-2-14-9-10-15-12-5-3-11(4-6-12)7-8-13/h3-6,14H,2,7,9-10H2,1H3. The summed E-state index contributed by atoms with van der Waals surface area (Å²) in [7, 11) is 0. The summed E-state index contributed by atoms with van der Waals surface area (Å²) in [5, 5.41) is 11.7. The first-order valence-electron chi connectivity index (χ1n) is 5.16. The van der Waals surface area contributed by atoms with Gasteiger partial charge in [0.2, 0.25) is 0 Å². The molecule has 0 fully saturated rings. The van der Waals surface area contributed by atoms with Crippen molar-refractivity contribution in [3.63, 3.8) is 0 Å². The van der Waals surface area contributed by atoms with Gasteiger partial charge >= 0.3 is 0 Å². The average molecular weight is 204 g/mol. The minimum absolute atomic E-state index is 0.456. The van der Waals surface area contributed by atoms with Crippen molar-refractivity contribution >= 4 is 0 Å². The van der Waals surface area contributed by atoms with E-state index in [0.717, 1.165) is 24.4 Å². The molecule has 0 aliphatic heterocycles. The van der Waals surface area contributed by atoms with Gasteiger partial charge in [-0.15, -0.1) is 0 Å². The van der Waals surface area contributed by atoms with Gasteiger partial charge in [0.15, 0.2) is 0 Å². The summed E-state index contributed by atoms with van der Waals surface area (Å²) in [6.07, 6.45) is 0.456. The molecule has 1 rings (SSSR count). The lowest BCUT2D eigenvalue weighted by Crippen LogP contribution is -2.20. The van der Waals surface area contributed by atoms with E-state index in [-0.39, 0.29) is 0 Å². The van der Waals surface area contributed by atoms with E-state index < -0.39 is 0 Å². The lowest BCUT2D eigenvalue weighted by molar-refractivity contribution is 0.315. The van der Waals surface area contributed by atoms with Crippen LogP contribution in [0, 0.1) is 11.3 Å². The number of rotatable bonds is 6. The van der Waals surface area contributed by atoms with E-state index in [1.165, 1.54) is 0 Å². The molecule has 0 saturated heterocycles. The van der Waals surface area contributed by atoms with Gasteiger partial charge in [-0.2, -0.15) is 5.26 Å². The molecule has 80 valence electrons. The molecule has 0 amide bonds. The Labute approximate surface area is 90.7 Å². The summed E-state index contributed by atoms with van der Waals surface area (Å²) in [4.78, 5) is 0. The molecule has 1 N–H and O–H groups in total. The van der Waals surface area contributed by atoms with Gasteiger partial charge in [-0.05, 0) is 24.2 Å². The molecular formula is C12H16N2O. The molecule has 3 nitrogen and oxygen atoms in total. The largest absolute Gasteiger partial charge is 0.492 e. The van der Waals surface area contributed by atoms with Crippen molar-refractivity contribution in [1.82, 2.24) is 5.32 Å². The van der Waals surface area contributed by atoms with Gasteiger partial charge in [0, 0.05) is 6.54 Å². The maximum atomic E-state index is 8.50. The molecule has 15 heavy (non-hydrogen) atoms. The molecule has 0 aromatic heterocycles.